The topological polar surface area (TPSA) is 44.5 Å². The lowest BCUT2D eigenvalue weighted by atomic mass is 10.0. The number of rotatable bonds is 6. The molecule has 0 unspecified atom stereocenters. The number of nitrogens with zero attached hydrogens (tertiary/aromatic N) is 3. The van der Waals surface area contributed by atoms with Gasteiger partial charge in [0.05, 0.1) is 11.7 Å². The number of hydrogen-bond acceptors (Lipinski definition) is 4. The van der Waals surface area contributed by atoms with Crippen LogP contribution >= 0.6 is 12.2 Å². The first-order valence-corrected chi connectivity index (χ1v) is 9.82. The van der Waals surface area contributed by atoms with Crippen LogP contribution in [-0.2, 0) is 0 Å². The maximum atomic E-state index is 6.31. The molecule has 1 fully saturated rings. The normalized spacial score (nSPS) is 19.2. The van der Waals surface area contributed by atoms with Crippen molar-refractivity contribution in [2.24, 2.45) is 0 Å². The van der Waals surface area contributed by atoms with Crippen molar-refractivity contribution in [2.45, 2.75) is 12.1 Å². The van der Waals surface area contributed by atoms with E-state index in [0.717, 1.165) is 41.0 Å². The van der Waals surface area contributed by atoms with E-state index >= 15 is 0 Å². The maximum Gasteiger partial charge on any atom is 0.170 e. The van der Waals surface area contributed by atoms with Crippen LogP contribution in [0.1, 0.15) is 23.5 Å². The van der Waals surface area contributed by atoms with Crippen LogP contribution in [0.2, 0.25) is 0 Å². The number of furan rings is 1. The van der Waals surface area contributed by atoms with Crippen molar-refractivity contribution in [1.29, 1.82) is 0 Å². The summed E-state index contributed by atoms with van der Waals surface area (Å²) in [6, 6.07) is 20.1. The van der Waals surface area contributed by atoms with Gasteiger partial charge in [0.2, 0.25) is 0 Å². The van der Waals surface area contributed by atoms with E-state index in [2.05, 4.69) is 52.4 Å². The largest absolute Gasteiger partial charge is 0.459 e. The standard InChI is InChI=1S/C22H24N4OS/c1-25(2)14-15-26-21(20(24-22(26)28)17-10-6-7-13-23-17)19-12-11-18(27-19)16-8-4-3-5-9-16/h3-13,20-21H,14-15H2,1-2H3,(H,24,28)/t20-,21-/m1/s1. The third-order valence-electron chi connectivity index (χ3n) is 4.96. The summed E-state index contributed by atoms with van der Waals surface area (Å²) in [6.45, 7) is 1.72. The van der Waals surface area contributed by atoms with Gasteiger partial charge in [0, 0.05) is 24.8 Å². The number of thiocarbonyl (C=S) groups is 1. The van der Waals surface area contributed by atoms with E-state index in [1.165, 1.54) is 0 Å². The highest BCUT2D eigenvalue weighted by Crippen LogP contribution is 2.40. The van der Waals surface area contributed by atoms with Gasteiger partial charge in [-0.25, -0.2) is 0 Å². The molecule has 0 saturated carbocycles. The van der Waals surface area contributed by atoms with Gasteiger partial charge in [-0.15, -0.1) is 0 Å². The number of likely N-dealkylation sites (N-methyl/N-ethyl adjacent to an activating group) is 1. The molecule has 2 atom stereocenters. The molecular formula is C22H24N4OS. The molecule has 1 saturated heterocycles. The molecule has 1 N–H and O–H groups in total. The molecule has 0 radical (unpaired) electrons. The van der Waals surface area contributed by atoms with E-state index in [-0.39, 0.29) is 12.1 Å². The van der Waals surface area contributed by atoms with Crippen LogP contribution in [-0.4, -0.2) is 47.1 Å². The number of aromatic nitrogens is 1. The zero-order chi connectivity index (χ0) is 19.5. The van der Waals surface area contributed by atoms with Crippen molar-refractivity contribution in [3.63, 3.8) is 0 Å². The van der Waals surface area contributed by atoms with E-state index in [1.54, 1.807) is 0 Å². The lowest BCUT2D eigenvalue weighted by molar-refractivity contribution is 0.250. The predicted molar refractivity (Wildman–Crippen MR) is 115 cm³/mol. The summed E-state index contributed by atoms with van der Waals surface area (Å²) in [5, 5.41) is 4.19. The fourth-order valence-electron chi connectivity index (χ4n) is 3.53. The quantitative estimate of drug-likeness (QED) is 0.643. The zero-order valence-electron chi connectivity index (χ0n) is 16.1. The SMILES string of the molecule is CN(C)CCN1C(=S)N[C@H](c2ccccn2)[C@H]1c1ccc(-c2ccccc2)o1. The number of nitrogens with one attached hydrogen (secondary N) is 1. The van der Waals surface area contributed by atoms with E-state index in [4.69, 9.17) is 16.6 Å². The first-order chi connectivity index (χ1) is 13.6. The minimum atomic E-state index is -0.0503. The van der Waals surface area contributed by atoms with E-state index in [0.29, 0.717) is 0 Å². The van der Waals surface area contributed by atoms with Gasteiger partial charge in [0.15, 0.2) is 5.11 Å². The van der Waals surface area contributed by atoms with Gasteiger partial charge in [-0.3, -0.25) is 4.98 Å². The first-order valence-electron chi connectivity index (χ1n) is 9.41. The molecule has 3 aromatic rings. The highest BCUT2D eigenvalue weighted by atomic mass is 32.1. The van der Waals surface area contributed by atoms with Gasteiger partial charge in [-0.1, -0.05) is 36.4 Å². The number of pyridine rings is 1. The van der Waals surface area contributed by atoms with Crippen LogP contribution in [0.5, 0.6) is 0 Å². The Hall–Kier alpha value is -2.70. The Morgan fingerprint density at radius 3 is 2.57 bits per heavy atom. The average Bonchev–Trinajstić information content (AvgIpc) is 3.32. The molecule has 5 nitrogen and oxygen atoms in total. The van der Waals surface area contributed by atoms with Crippen LogP contribution in [0, 0.1) is 0 Å². The monoisotopic (exact) mass is 392 g/mol. The molecule has 2 aromatic heterocycles. The smallest absolute Gasteiger partial charge is 0.170 e. The van der Waals surface area contributed by atoms with Crippen LogP contribution in [0.4, 0.5) is 0 Å². The Labute approximate surface area is 171 Å². The number of benzene rings is 1. The summed E-state index contributed by atoms with van der Waals surface area (Å²) in [6.07, 6.45) is 1.82. The molecule has 28 heavy (non-hydrogen) atoms. The molecule has 1 aromatic carbocycles. The second kappa shape index (κ2) is 8.12. The fourth-order valence-corrected chi connectivity index (χ4v) is 3.86. The summed E-state index contributed by atoms with van der Waals surface area (Å²) < 4.78 is 6.31. The summed E-state index contributed by atoms with van der Waals surface area (Å²) in [5.74, 6) is 1.75. The lowest BCUT2D eigenvalue weighted by Gasteiger charge is -2.27. The van der Waals surface area contributed by atoms with Crippen LogP contribution in [0.25, 0.3) is 11.3 Å². The Bertz CT molecular complexity index is 926. The van der Waals surface area contributed by atoms with Crippen LogP contribution < -0.4 is 5.32 Å². The Morgan fingerprint density at radius 2 is 1.86 bits per heavy atom. The molecule has 0 amide bonds. The van der Waals surface area contributed by atoms with Gasteiger partial charge in [-0.2, -0.15) is 0 Å². The molecule has 144 valence electrons. The molecule has 3 heterocycles. The third-order valence-corrected chi connectivity index (χ3v) is 5.31. The minimum Gasteiger partial charge on any atom is -0.459 e. The van der Waals surface area contributed by atoms with Crippen LogP contribution in [0.3, 0.4) is 0 Å². The second-order valence-corrected chi connectivity index (χ2v) is 7.58. The fraction of sp³-hybridized carbons (Fsp3) is 0.273. The van der Waals surface area contributed by atoms with Crippen molar-refractivity contribution in [1.82, 2.24) is 20.1 Å². The van der Waals surface area contributed by atoms with Gasteiger partial charge in [0.1, 0.15) is 17.6 Å². The summed E-state index contributed by atoms with van der Waals surface area (Å²) >= 11 is 5.67. The van der Waals surface area contributed by atoms with E-state index in [9.17, 15) is 0 Å². The highest BCUT2D eigenvalue weighted by Gasteiger charge is 2.41. The molecule has 0 spiro atoms. The van der Waals surface area contributed by atoms with Crippen molar-refractivity contribution < 1.29 is 4.42 Å². The summed E-state index contributed by atoms with van der Waals surface area (Å²) in [4.78, 5) is 8.93. The molecule has 6 heteroatoms. The minimum absolute atomic E-state index is 0.0418. The van der Waals surface area contributed by atoms with Gasteiger partial charge in [0.25, 0.3) is 0 Å². The number of hydrogen-bond donors (Lipinski definition) is 1. The highest BCUT2D eigenvalue weighted by molar-refractivity contribution is 7.80. The average molecular weight is 393 g/mol. The van der Waals surface area contributed by atoms with Crippen molar-refractivity contribution in [3.8, 4) is 11.3 Å². The van der Waals surface area contributed by atoms with Gasteiger partial charge >= 0.3 is 0 Å². The van der Waals surface area contributed by atoms with Crippen LogP contribution in [0.15, 0.2) is 71.3 Å². The molecule has 0 bridgehead atoms. The predicted octanol–water partition coefficient (Wildman–Crippen LogP) is 3.88. The van der Waals surface area contributed by atoms with Gasteiger partial charge in [-0.05, 0) is 50.6 Å². The van der Waals surface area contributed by atoms with E-state index in [1.807, 2.05) is 48.7 Å². The Balaban J connectivity index is 1.70. The van der Waals surface area contributed by atoms with Crippen molar-refractivity contribution >= 4 is 17.3 Å². The first kappa shape index (κ1) is 18.7. The Kier molecular flexibility index (Phi) is 5.41. The summed E-state index contributed by atoms with van der Waals surface area (Å²) in [5.41, 5.74) is 2.02. The molecule has 4 rings (SSSR count). The van der Waals surface area contributed by atoms with Crippen molar-refractivity contribution in [2.75, 3.05) is 27.2 Å². The molecular weight excluding hydrogens is 368 g/mol. The Morgan fingerprint density at radius 1 is 1.07 bits per heavy atom. The third kappa shape index (κ3) is 3.79. The maximum absolute atomic E-state index is 6.31. The molecule has 1 aliphatic rings. The molecule has 1 aliphatic heterocycles. The lowest BCUT2D eigenvalue weighted by Crippen LogP contribution is -2.35. The molecule has 0 aliphatic carbocycles. The summed E-state index contributed by atoms with van der Waals surface area (Å²) in [7, 11) is 4.14. The van der Waals surface area contributed by atoms with Gasteiger partial charge < -0.3 is 19.5 Å². The second-order valence-electron chi connectivity index (χ2n) is 7.19. The van der Waals surface area contributed by atoms with Crippen molar-refractivity contribution in [3.05, 3.63) is 78.3 Å². The zero-order valence-corrected chi connectivity index (χ0v) is 16.9. The van der Waals surface area contributed by atoms with E-state index < -0.39 is 0 Å².